The van der Waals surface area contributed by atoms with Crippen LogP contribution in [0.1, 0.15) is 22.4 Å². The first-order valence-corrected chi connectivity index (χ1v) is 13.4. The Labute approximate surface area is 213 Å². The van der Waals surface area contributed by atoms with E-state index < -0.39 is 0 Å². The number of aryl methyl sites for hydroxylation is 3. The molecule has 2 aromatic carbocycles. The normalized spacial score (nSPS) is 13.0. The summed E-state index contributed by atoms with van der Waals surface area (Å²) in [6.45, 7) is 2.01. The minimum atomic E-state index is -0.161. The lowest BCUT2D eigenvalue weighted by Gasteiger charge is -2.10. The van der Waals surface area contributed by atoms with Gasteiger partial charge in [0, 0.05) is 15.6 Å². The molecule has 1 aliphatic rings. The maximum atomic E-state index is 13.8. The number of halogens is 1. The highest BCUT2D eigenvalue weighted by molar-refractivity contribution is 7.99. The van der Waals surface area contributed by atoms with Gasteiger partial charge in [-0.05, 0) is 68.1 Å². The van der Waals surface area contributed by atoms with Gasteiger partial charge in [0.05, 0.1) is 16.8 Å². The first-order chi connectivity index (χ1) is 17.0. The van der Waals surface area contributed by atoms with Crippen molar-refractivity contribution in [2.75, 3.05) is 11.1 Å². The Morgan fingerprint density at radius 1 is 1.11 bits per heavy atom. The van der Waals surface area contributed by atoms with Crippen molar-refractivity contribution in [1.29, 1.82) is 0 Å². The fraction of sp³-hybridized carbons (Fsp3) is 0.200. The summed E-state index contributed by atoms with van der Waals surface area (Å²) in [5.74, 6) is 0.442. The number of nitrogens with one attached hydrogen (secondary N) is 1. The van der Waals surface area contributed by atoms with Crippen LogP contribution in [0.25, 0.3) is 21.7 Å². The smallest absolute Gasteiger partial charge is 0.268 e. The van der Waals surface area contributed by atoms with E-state index in [2.05, 4.69) is 15.5 Å². The van der Waals surface area contributed by atoms with Crippen LogP contribution in [0.3, 0.4) is 0 Å². The zero-order valence-corrected chi connectivity index (χ0v) is 21.1. The highest BCUT2D eigenvalue weighted by Gasteiger charge is 2.26. The molecule has 3 heterocycles. The number of benzene rings is 2. The summed E-state index contributed by atoms with van der Waals surface area (Å²) in [4.78, 5) is 28.5. The quantitative estimate of drug-likeness (QED) is 0.318. The third-order valence-corrected chi connectivity index (χ3v) is 8.55. The highest BCUT2D eigenvalue weighted by Crippen LogP contribution is 2.37. The number of nitrogens with zero attached hydrogens (tertiary/aromatic N) is 4. The molecule has 176 valence electrons. The molecule has 0 atom stereocenters. The molecule has 0 fully saturated rings. The number of carbonyl (C=O) groups is 1. The van der Waals surface area contributed by atoms with Gasteiger partial charge >= 0.3 is 0 Å². The van der Waals surface area contributed by atoms with Crippen LogP contribution in [0.2, 0.25) is 5.02 Å². The Balaban J connectivity index is 1.43. The van der Waals surface area contributed by atoms with Gasteiger partial charge in [0.15, 0.2) is 5.16 Å². The van der Waals surface area contributed by atoms with E-state index in [1.165, 1.54) is 16.6 Å². The number of anilines is 1. The van der Waals surface area contributed by atoms with Crippen molar-refractivity contribution in [3.05, 3.63) is 79.9 Å². The van der Waals surface area contributed by atoms with Gasteiger partial charge in [0.1, 0.15) is 4.83 Å². The fourth-order valence-corrected chi connectivity index (χ4v) is 6.73. The molecule has 1 amide bonds. The number of rotatable bonds is 5. The molecule has 0 aliphatic heterocycles. The minimum absolute atomic E-state index is 0.0693. The van der Waals surface area contributed by atoms with Crippen molar-refractivity contribution in [3.8, 4) is 5.69 Å². The van der Waals surface area contributed by atoms with E-state index in [-0.39, 0.29) is 17.2 Å². The van der Waals surface area contributed by atoms with E-state index in [4.69, 9.17) is 11.6 Å². The standard InChI is InChI=1S/C25H20ClN5O2S2/c1-14-5-11-17(12-6-14)30-22(33)21-18-3-2-4-19(18)35-23(21)31-24(30)28-29-25(31)34-13-20(32)27-16-9-7-15(26)8-10-16/h5-12H,2-4,13H2,1H3,(H,27,32). The molecular weight excluding hydrogens is 502 g/mol. The molecule has 1 aliphatic carbocycles. The Morgan fingerprint density at radius 2 is 1.89 bits per heavy atom. The summed E-state index contributed by atoms with van der Waals surface area (Å²) in [5, 5.41) is 13.6. The topological polar surface area (TPSA) is 81.3 Å². The molecule has 1 N–H and O–H groups in total. The van der Waals surface area contributed by atoms with Crippen LogP contribution in [-0.4, -0.2) is 30.8 Å². The molecule has 0 spiro atoms. The van der Waals surface area contributed by atoms with E-state index in [1.807, 2.05) is 35.6 Å². The number of amides is 1. The molecule has 0 bridgehead atoms. The van der Waals surface area contributed by atoms with Crippen molar-refractivity contribution in [1.82, 2.24) is 19.2 Å². The predicted octanol–water partition coefficient (Wildman–Crippen LogP) is 5.28. The molecule has 5 aromatic rings. The van der Waals surface area contributed by atoms with Crippen molar-refractivity contribution in [2.24, 2.45) is 0 Å². The number of aromatic nitrogens is 4. The zero-order valence-electron chi connectivity index (χ0n) is 18.7. The highest BCUT2D eigenvalue weighted by atomic mass is 35.5. The zero-order chi connectivity index (χ0) is 24.1. The van der Waals surface area contributed by atoms with Crippen LogP contribution >= 0.6 is 34.7 Å². The van der Waals surface area contributed by atoms with Gasteiger partial charge in [0.25, 0.3) is 5.56 Å². The third-order valence-electron chi connectivity index (χ3n) is 6.09. The third kappa shape index (κ3) is 3.93. The number of fused-ring (bicyclic) bond motifs is 5. The Bertz CT molecular complexity index is 1650. The predicted molar refractivity (Wildman–Crippen MR) is 142 cm³/mol. The molecule has 6 rings (SSSR count). The lowest BCUT2D eigenvalue weighted by Crippen LogP contribution is -2.22. The maximum absolute atomic E-state index is 13.8. The number of carbonyl (C=O) groups excluding carboxylic acids is 1. The van der Waals surface area contributed by atoms with Gasteiger partial charge in [-0.2, -0.15) is 0 Å². The SMILES string of the molecule is Cc1ccc(-n2c(=O)c3c4c(sc3n3c(SCC(=O)Nc5ccc(Cl)cc5)nnc23)CCC4)cc1. The van der Waals surface area contributed by atoms with E-state index >= 15 is 0 Å². The molecule has 7 nitrogen and oxygen atoms in total. The Hall–Kier alpha value is -3.14. The molecule has 10 heteroatoms. The second-order valence-electron chi connectivity index (χ2n) is 8.48. The molecular formula is C25H20ClN5O2S2. The number of thioether (sulfide) groups is 1. The van der Waals surface area contributed by atoms with Crippen molar-refractivity contribution in [3.63, 3.8) is 0 Å². The summed E-state index contributed by atoms with van der Waals surface area (Å²) in [6.07, 6.45) is 2.94. The molecule has 0 saturated carbocycles. The lowest BCUT2D eigenvalue weighted by atomic mass is 10.2. The minimum Gasteiger partial charge on any atom is -0.325 e. The number of thiophene rings is 1. The van der Waals surface area contributed by atoms with Gasteiger partial charge < -0.3 is 5.32 Å². The molecule has 35 heavy (non-hydrogen) atoms. The second-order valence-corrected chi connectivity index (χ2v) is 10.9. The van der Waals surface area contributed by atoms with Crippen LogP contribution in [-0.2, 0) is 17.6 Å². The van der Waals surface area contributed by atoms with E-state index in [0.29, 0.717) is 21.6 Å². The summed E-state index contributed by atoms with van der Waals surface area (Å²) in [6, 6.07) is 14.8. The first-order valence-electron chi connectivity index (χ1n) is 11.2. The summed E-state index contributed by atoms with van der Waals surface area (Å²) < 4.78 is 3.57. The Kier molecular flexibility index (Phi) is 5.63. The number of hydrogen-bond donors (Lipinski definition) is 1. The van der Waals surface area contributed by atoms with E-state index in [0.717, 1.165) is 46.3 Å². The van der Waals surface area contributed by atoms with Crippen LogP contribution in [0, 0.1) is 6.92 Å². The van der Waals surface area contributed by atoms with Crippen LogP contribution in [0.5, 0.6) is 0 Å². The fourth-order valence-electron chi connectivity index (χ4n) is 4.44. The second kappa shape index (κ2) is 8.82. The average Bonchev–Trinajstić information content (AvgIpc) is 3.55. The monoisotopic (exact) mass is 521 g/mol. The lowest BCUT2D eigenvalue weighted by molar-refractivity contribution is -0.113. The van der Waals surface area contributed by atoms with Gasteiger partial charge in [-0.25, -0.2) is 8.97 Å². The molecule has 3 aromatic heterocycles. The van der Waals surface area contributed by atoms with Crippen molar-refractivity contribution < 1.29 is 4.79 Å². The summed E-state index contributed by atoms with van der Waals surface area (Å²) in [7, 11) is 0. The Morgan fingerprint density at radius 3 is 2.66 bits per heavy atom. The average molecular weight is 522 g/mol. The van der Waals surface area contributed by atoms with Gasteiger partial charge in [0.2, 0.25) is 11.7 Å². The molecule has 0 radical (unpaired) electrons. The van der Waals surface area contributed by atoms with E-state index in [9.17, 15) is 9.59 Å². The van der Waals surface area contributed by atoms with Gasteiger partial charge in [-0.3, -0.25) is 9.59 Å². The largest absolute Gasteiger partial charge is 0.325 e. The van der Waals surface area contributed by atoms with E-state index in [1.54, 1.807) is 40.2 Å². The summed E-state index contributed by atoms with van der Waals surface area (Å²) in [5.41, 5.74) is 3.61. The molecule has 0 unspecified atom stereocenters. The van der Waals surface area contributed by atoms with Crippen LogP contribution < -0.4 is 10.9 Å². The van der Waals surface area contributed by atoms with Crippen LogP contribution in [0.4, 0.5) is 5.69 Å². The van der Waals surface area contributed by atoms with Crippen molar-refractivity contribution >= 4 is 62.3 Å². The maximum Gasteiger partial charge on any atom is 0.268 e. The van der Waals surface area contributed by atoms with Gasteiger partial charge in [-0.1, -0.05) is 41.1 Å². The van der Waals surface area contributed by atoms with Crippen LogP contribution in [0.15, 0.2) is 58.5 Å². The first kappa shape index (κ1) is 22.3. The summed E-state index contributed by atoms with van der Waals surface area (Å²) >= 11 is 8.86. The molecule has 0 saturated heterocycles. The van der Waals surface area contributed by atoms with Crippen molar-refractivity contribution in [2.45, 2.75) is 31.3 Å². The van der Waals surface area contributed by atoms with Gasteiger partial charge in [-0.15, -0.1) is 21.5 Å². The number of hydrogen-bond acceptors (Lipinski definition) is 6.